The van der Waals surface area contributed by atoms with Gasteiger partial charge in [-0.05, 0) is 31.0 Å². The fraction of sp³-hybridized carbons (Fsp3) is 0.353. The number of nitrogens with zero attached hydrogens (tertiary/aromatic N) is 3. The Bertz CT molecular complexity index is 951. The fourth-order valence-corrected chi connectivity index (χ4v) is 3.50. The minimum Gasteiger partial charge on any atom is -0.384 e. The second kappa shape index (κ2) is 7.11. The van der Waals surface area contributed by atoms with Gasteiger partial charge in [0.15, 0.2) is 0 Å². The van der Waals surface area contributed by atoms with Crippen molar-refractivity contribution in [3.05, 3.63) is 57.0 Å². The molecular weight excluding hydrogens is 360 g/mol. The van der Waals surface area contributed by atoms with Crippen LogP contribution in [0.3, 0.4) is 0 Å². The number of nitrogens with one attached hydrogen (secondary N) is 1. The Balaban J connectivity index is 1.81. The van der Waals surface area contributed by atoms with Crippen molar-refractivity contribution >= 4 is 33.0 Å². The molecule has 0 radical (unpaired) electrons. The van der Waals surface area contributed by atoms with Crippen molar-refractivity contribution in [1.29, 1.82) is 0 Å². The predicted molar refractivity (Wildman–Crippen MR) is 101 cm³/mol. The van der Waals surface area contributed by atoms with Crippen LogP contribution in [0.2, 0.25) is 5.02 Å². The molecule has 1 atom stereocenters. The third-order valence-corrected chi connectivity index (χ3v) is 4.94. The topological polar surface area (TPSA) is 79.5 Å². The second-order valence-electron chi connectivity index (χ2n) is 6.08. The number of fused-ring (bicyclic) bond motifs is 1. The highest BCUT2D eigenvalue weighted by molar-refractivity contribution is 7.20. The standard InChI is InChI=1S/C17H19ClN4O2S/c1-3-5-13-9-14(23)22-16(20-13)25-15(21-22)19-10-17(2,24)11-6-4-7-12(18)8-11/h4,6-9,24H,3,5,10H2,1-2H3,(H,19,21). The van der Waals surface area contributed by atoms with E-state index in [-0.39, 0.29) is 12.1 Å². The summed E-state index contributed by atoms with van der Waals surface area (Å²) < 4.78 is 1.28. The molecule has 6 nitrogen and oxygen atoms in total. The molecule has 8 heteroatoms. The molecule has 132 valence electrons. The van der Waals surface area contributed by atoms with Crippen LogP contribution in [-0.4, -0.2) is 26.2 Å². The average Bonchev–Trinajstić information content (AvgIpc) is 2.97. The Kier molecular flexibility index (Phi) is 5.08. The van der Waals surface area contributed by atoms with E-state index in [0.29, 0.717) is 20.7 Å². The van der Waals surface area contributed by atoms with Gasteiger partial charge in [0.2, 0.25) is 10.1 Å². The molecule has 0 aliphatic carbocycles. The van der Waals surface area contributed by atoms with Crippen LogP contribution < -0.4 is 10.9 Å². The van der Waals surface area contributed by atoms with Gasteiger partial charge in [-0.15, -0.1) is 5.10 Å². The van der Waals surface area contributed by atoms with E-state index in [4.69, 9.17) is 11.6 Å². The van der Waals surface area contributed by atoms with Crippen molar-refractivity contribution in [2.75, 3.05) is 11.9 Å². The van der Waals surface area contributed by atoms with Gasteiger partial charge in [-0.25, -0.2) is 4.98 Å². The summed E-state index contributed by atoms with van der Waals surface area (Å²) >= 11 is 7.27. The maximum Gasteiger partial charge on any atom is 0.275 e. The second-order valence-corrected chi connectivity index (χ2v) is 7.47. The first-order valence-electron chi connectivity index (χ1n) is 8.01. The SMILES string of the molecule is CCCc1cc(=O)n2nc(NCC(C)(O)c3cccc(Cl)c3)sc2n1. The van der Waals surface area contributed by atoms with E-state index in [0.717, 1.165) is 18.5 Å². The number of aliphatic hydroxyl groups is 1. The van der Waals surface area contributed by atoms with Gasteiger partial charge in [-0.3, -0.25) is 4.79 Å². The van der Waals surface area contributed by atoms with Crippen LogP contribution in [-0.2, 0) is 12.0 Å². The van der Waals surface area contributed by atoms with E-state index in [1.54, 1.807) is 25.1 Å². The predicted octanol–water partition coefficient (Wildman–Crippen LogP) is 3.08. The number of rotatable bonds is 6. The van der Waals surface area contributed by atoms with E-state index in [2.05, 4.69) is 15.4 Å². The quantitative estimate of drug-likeness (QED) is 0.689. The van der Waals surface area contributed by atoms with Gasteiger partial charge in [0, 0.05) is 23.3 Å². The highest BCUT2D eigenvalue weighted by atomic mass is 35.5. The Hall–Kier alpha value is -1.96. The van der Waals surface area contributed by atoms with Crippen LogP contribution in [0.1, 0.15) is 31.5 Å². The summed E-state index contributed by atoms with van der Waals surface area (Å²) in [7, 11) is 0. The van der Waals surface area contributed by atoms with Crippen LogP contribution in [0.15, 0.2) is 35.1 Å². The molecule has 2 aromatic heterocycles. The molecule has 0 fully saturated rings. The minimum absolute atomic E-state index is 0.195. The first kappa shape index (κ1) is 17.8. The van der Waals surface area contributed by atoms with E-state index < -0.39 is 5.60 Å². The van der Waals surface area contributed by atoms with E-state index in [1.165, 1.54) is 21.9 Å². The molecule has 3 rings (SSSR count). The first-order chi connectivity index (χ1) is 11.9. The van der Waals surface area contributed by atoms with Crippen molar-refractivity contribution in [2.24, 2.45) is 0 Å². The molecule has 0 saturated heterocycles. The Morgan fingerprint density at radius 3 is 2.92 bits per heavy atom. The molecule has 0 saturated carbocycles. The van der Waals surface area contributed by atoms with Crippen LogP contribution in [0.25, 0.3) is 4.96 Å². The number of aromatic nitrogens is 3. The third-order valence-electron chi connectivity index (χ3n) is 3.83. The van der Waals surface area contributed by atoms with Crippen molar-refractivity contribution < 1.29 is 5.11 Å². The van der Waals surface area contributed by atoms with E-state index in [1.807, 2.05) is 13.0 Å². The van der Waals surface area contributed by atoms with Crippen molar-refractivity contribution in [1.82, 2.24) is 14.6 Å². The lowest BCUT2D eigenvalue weighted by Gasteiger charge is -2.24. The lowest BCUT2D eigenvalue weighted by molar-refractivity contribution is 0.0715. The van der Waals surface area contributed by atoms with Crippen LogP contribution >= 0.6 is 22.9 Å². The largest absolute Gasteiger partial charge is 0.384 e. The third kappa shape index (κ3) is 4.00. The van der Waals surface area contributed by atoms with Gasteiger partial charge in [0.05, 0.1) is 0 Å². The molecule has 3 aromatic rings. The average molecular weight is 379 g/mol. The minimum atomic E-state index is -1.13. The van der Waals surface area contributed by atoms with Gasteiger partial charge in [0.25, 0.3) is 5.56 Å². The summed E-state index contributed by atoms with van der Waals surface area (Å²) in [5, 5.41) is 19.1. The maximum atomic E-state index is 12.1. The number of aryl methyl sites for hydroxylation is 1. The summed E-state index contributed by atoms with van der Waals surface area (Å²) in [6.07, 6.45) is 1.69. The number of halogens is 1. The molecule has 2 N–H and O–H groups in total. The monoisotopic (exact) mass is 378 g/mol. The van der Waals surface area contributed by atoms with Gasteiger partial charge < -0.3 is 10.4 Å². The summed E-state index contributed by atoms with van der Waals surface area (Å²) in [6, 6.07) is 8.61. The first-order valence-corrected chi connectivity index (χ1v) is 9.20. The molecular formula is C17H19ClN4O2S. The van der Waals surface area contributed by atoms with Gasteiger partial charge in [-0.2, -0.15) is 4.52 Å². The van der Waals surface area contributed by atoms with Gasteiger partial charge >= 0.3 is 0 Å². The summed E-state index contributed by atoms with van der Waals surface area (Å²) in [5.41, 5.74) is 0.149. The molecule has 0 bridgehead atoms. The normalized spacial score (nSPS) is 13.8. The van der Waals surface area contributed by atoms with E-state index in [9.17, 15) is 9.90 Å². The van der Waals surface area contributed by atoms with Crippen LogP contribution in [0.5, 0.6) is 0 Å². The summed E-state index contributed by atoms with van der Waals surface area (Å²) in [5.74, 6) is 0. The van der Waals surface area contributed by atoms with Gasteiger partial charge in [-0.1, -0.05) is 48.4 Å². The molecule has 0 spiro atoms. The molecule has 1 unspecified atom stereocenters. The van der Waals surface area contributed by atoms with E-state index >= 15 is 0 Å². The van der Waals surface area contributed by atoms with Crippen molar-refractivity contribution in [3.63, 3.8) is 0 Å². The molecule has 25 heavy (non-hydrogen) atoms. The van der Waals surface area contributed by atoms with Gasteiger partial charge in [0.1, 0.15) is 5.60 Å². The molecule has 1 aromatic carbocycles. The lowest BCUT2D eigenvalue weighted by atomic mass is 9.96. The zero-order valence-electron chi connectivity index (χ0n) is 14.0. The highest BCUT2D eigenvalue weighted by Gasteiger charge is 2.24. The molecule has 2 heterocycles. The smallest absolute Gasteiger partial charge is 0.275 e. The Morgan fingerprint density at radius 1 is 1.40 bits per heavy atom. The summed E-state index contributed by atoms with van der Waals surface area (Å²) in [6.45, 7) is 3.97. The number of benzene rings is 1. The number of anilines is 1. The lowest BCUT2D eigenvalue weighted by Crippen LogP contribution is -2.30. The molecule has 0 aliphatic heterocycles. The zero-order valence-corrected chi connectivity index (χ0v) is 15.6. The Labute approximate surface area is 154 Å². The highest BCUT2D eigenvalue weighted by Crippen LogP contribution is 2.25. The molecule has 0 amide bonds. The zero-order chi connectivity index (χ0) is 18.0. The van der Waals surface area contributed by atoms with Crippen LogP contribution in [0.4, 0.5) is 5.13 Å². The Morgan fingerprint density at radius 2 is 2.20 bits per heavy atom. The maximum absolute atomic E-state index is 12.1. The van der Waals surface area contributed by atoms with Crippen molar-refractivity contribution in [3.8, 4) is 0 Å². The van der Waals surface area contributed by atoms with Crippen LogP contribution in [0, 0.1) is 0 Å². The number of hydrogen-bond donors (Lipinski definition) is 2. The number of hydrogen-bond acceptors (Lipinski definition) is 6. The molecule has 0 aliphatic rings. The summed E-state index contributed by atoms with van der Waals surface area (Å²) in [4.78, 5) is 17.1. The fourth-order valence-electron chi connectivity index (χ4n) is 2.49. The van der Waals surface area contributed by atoms with Crippen molar-refractivity contribution in [2.45, 2.75) is 32.3 Å².